The highest BCUT2D eigenvalue weighted by Gasteiger charge is 2.37. The van der Waals surface area contributed by atoms with E-state index in [-0.39, 0.29) is 39.2 Å². The van der Waals surface area contributed by atoms with Gasteiger partial charge < -0.3 is 4.74 Å². The number of rotatable bonds is 5. The lowest BCUT2D eigenvalue weighted by Crippen LogP contribution is -2.54. The second-order valence-corrected chi connectivity index (χ2v) is 9.39. The van der Waals surface area contributed by atoms with E-state index in [0.717, 1.165) is 4.90 Å². The normalized spacial score (nSPS) is 14.9. The zero-order valence-electron chi connectivity index (χ0n) is 17.5. The Labute approximate surface area is 224 Å². The molecule has 0 atom stereocenters. The third-order valence-corrected chi connectivity index (χ3v) is 6.25. The van der Waals surface area contributed by atoms with Crippen molar-refractivity contribution in [2.45, 2.75) is 6.61 Å². The molecule has 1 saturated heterocycles. The summed E-state index contributed by atoms with van der Waals surface area (Å²) in [5, 5.41) is 3.81. The molecule has 1 N–H and O–H groups in total. The zero-order valence-corrected chi connectivity index (χ0v) is 21.2. The first-order valence-corrected chi connectivity index (χ1v) is 11.8. The van der Waals surface area contributed by atoms with Gasteiger partial charge in [0.05, 0.1) is 10.7 Å². The van der Waals surface area contributed by atoms with Gasteiger partial charge in [-0.05, 0) is 54.6 Å². The van der Waals surface area contributed by atoms with E-state index in [1.807, 2.05) is 0 Å². The van der Waals surface area contributed by atoms with Gasteiger partial charge in [0.1, 0.15) is 17.9 Å². The number of ether oxygens (including phenoxy) is 1. The maximum Gasteiger partial charge on any atom is 0.335 e. The predicted octanol–water partition coefficient (Wildman–Crippen LogP) is 7.20. The first-order valence-electron chi connectivity index (χ1n) is 9.87. The summed E-state index contributed by atoms with van der Waals surface area (Å²) in [6.45, 7) is 0.0169. The highest BCUT2D eigenvalue weighted by molar-refractivity contribution is 6.40. The molecule has 3 aromatic carbocycles. The lowest BCUT2D eigenvalue weighted by Gasteiger charge is -2.26. The minimum atomic E-state index is -0.891. The minimum absolute atomic E-state index is 0.0169. The standard InChI is InChI=1S/C24H13Cl5N2O4/c25-14-3-5-17(6-4-14)31-23(33)18(22(32)30-24(31)34)8-13-7-16(27)10-20(29)21(13)35-11-12-1-2-15(26)9-19(12)28/h1-10H,11H2,(H,30,32,34)/b18-8+. The number of urea groups is 1. The molecule has 35 heavy (non-hydrogen) atoms. The Morgan fingerprint density at radius 3 is 2.14 bits per heavy atom. The molecule has 0 saturated carbocycles. The van der Waals surface area contributed by atoms with Crippen molar-refractivity contribution in [3.63, 3.8) is 0 Å². The molecule has 1 heterocycles. The van der Waals surface area contributed by atoms with Crippen LogP contribution in [0.1, 0.15) is 11.1 Å². The number of barbiturate groups is 1. The topological polar surface area (TPSA) is 75.7 Å². The average molecular weight is 571 g/mol. The molecule has 1 fully saturated rings. The van der Waals surface area contributed by atoms with Crippen LogP contribution in [0.4, 0.5) is 10.5 Å². The molecule has 4 rings (SSSR count). The molecule has 11 heteroatoms. The van der Waals surface area contributed by atoms with Gasteiger partial charge in [0, 0.05) is 31.2 Å². The second-order valence-electron chi connectivity index (χ2n) is 7.26. The fourth-order valence-electron chi connectivity index (χ4n) is 3.27. The number of hydrogen-bond acceptors (Lipinski definition) is 4. The van der Waals surface area contributed by atoms with Crippen LogP contribution >= 0.6 is 58.0 Å². The van der Waals surface area contributed by atoms with E-state index in [0.29, 0.717) is 20.6 Å². The molecule has 1 aliphatic heterocycles. The monoisotopic (exact) mass is 568 g/mol. The molecule has 4 amide bonds. The zero-order chi connectivity index (χ0) is 25.3. The van der Waals surface area contributed by atoms with E-state index in [1.165, 1.54) is 42.5 Å². The van der Waals surface area contributed by atoms with Gasteiger partial charge >= 0.3 is 6.03 Å². The molecule has 0 aromatic heterocycles. The van der Waals surface area contributed by atoms with Crippen LogP contribution in [0.3, 0.4) is 0 Å². The van der Waals surface area contributed by atoms with Crippen LogP contribution in [0.5, 0.6) is 5.75 Å². The molecular formula is C24H13Cl5N2O4. The number of nitrogens with zero attached hydrogens (tertiary/aromatic N) is 1. The summed E-state index contributed by atoms with van der Waals surface area (Å²) in [5.41, 5.74) is 0.781. The molecule has 178 valence electrons. The lowest BCUT2D eigenvalue weighted by molar-refractivity contribution is -0.122. The van der Waals surface area contributed by atoms with Gasteiger partial charge in [-0.25, -0.2) is 9.69 Å². The smallest absolute Gasteiger partial charge is 0.335 e. The summed E-state index contributed by atoms with van der Waals surface area (Å²) >= 11 is 30.6. The molecule has 6 nitrogen and oxygen atoms in total. The van der Waals surface area contributed by atoms with E-state index in [1.54, 1.807) is 18.2 Å². The van der Waals surface area contributed by atoms with Crippen LogP contribution in [0.2, 0.25) is 25.1 Å². The maximum atomic E-state index is 13.2. The van der Waals surface area contributed by atoms with Crippen molar-refractivity contribution in [2.24, 2.45) is 0 Å². The predicted molar refractivity (Wildman–Crippen MR) is 138 cm³/mol. The quantitative estimate of drug-likeness (QED) is 0.260. The lowest BCUT2D eigenvalue weighted by atomic mass is 10.1. The Morgan fingerprint density at radius 1 is 0.800 bits per heavy atom. The minimum Gasteiger partial charge on any atom is -0.487 e. The van der Waals surface area contributed by atoms with E-state index in [4.69, 9.17) is 62.7 Å². The number of benzene rings is 3. The van der Waals surface area contributed by atoms with Crippen molar-refractivity contribution in [3.8, 4) is 5.75 Å². The first kappa shape index (κ1) is 25.4. The van der Waals surface area contributed by atoms with Crippen LogP contribution in [0.15, 0.2) is 60.2 Å². The average Bonchev–Trinajstić information content (AvgIpc) is 2.78. The summed E-state index contributed by atoms with van der Waals surface area (Å²) in [7, 11) is 0. The molecule has 0 bridgehead atoms. The summed E-state index contributed by atoms with van der Waals surface area (Å²) in [5.74, 6) is -1.57. The van der Waals surface area contributed by atoms with Crippen molar-refractivity contribution < 1.29 is 19.1 Å². The number of carbonyl (C=O) groups excluding carboxylic acids is 3. The Kier molecular flexibility index (Phi) is 7.59. The van der Waals surface area contributed by atoms with Gasteiger partial charge in [-0.15, -0.1) is 0 Å². The van der Waals surface area contributed by atoms with Crippen LogP contribution in [0, 0.1) is 0 Å². The number of imide groups is 2. The van der Waals surface area contributed by atoms with E-state index < -0.39 is 17.8 Å². The molecular weight excluding hydrogens is 558 g/mol. The molecule has 1 aliphatic rings. The fourth-order valence-corrected chi connectivity index (χ4v) is 4.42. The van der Waals surface area contributed by atoms with Crippen LogP contribution in [-0.4, -0.2) is 17.8 Å². The SMILES string of the molecule is O=C1NC(=O)N(c2ccc(Cl)cc2)C(=O)/C1=C/c1cc(Cl)cc(Cl)c1OCc1ccc(Cl)cc1Cl. The molecule has 0 aliphatic carbocycles. The van der Waals surface area contributed by atoms with Gasteiger partial charge in [-0.2, -0.15) is 0 Å². The van der Waals surface area contributed by atoms with Gasteiger partial charge in [0.2, 0.25) is 0 Å². The molecule has 0 unspecified atom stereocenters. The number of hydrogen-bond donors (Lipinski definition) is 1. The Bertz CT molecular complexity index is 1390. The summed E-state index contributed by atoms with van der Waals surface area (Å²) in [4.78, 5) is 39.0. The highest BCUT2D eigenvalue weighted by Crippen LogP contribution is 2.36. The van der Waals surface area contributed by atoms with Crippen molar-refractivity contribution in [1.82, 2.24) is 5.32 Å². The van der Waals surface area contributed by atoms with Crippen molar-refractivity contribution in [2.75, 3.05) is 4.90 Å². The third kappa shape index (κ3) is 5.58. The van der Waals surface area contributed by atoms with E-state index in [9.17, 15) is 14.4 Å². The van der Waals surface area contributed by atoms with Gasteiger partial charge in [0.15, 0.2) is 0 Å². The van der Waals surface area contributed by atoms with Crippen LogP contribution in [-0.2, 0) is 16.2 Å². The highest BCUT2D eigenvalue weighted by atomic mass is 35.5. The summed E-state index contributed by atoms with van der Waals surface area (Å²) in [6, 6.07) is 13.0. The van der Waals surface area contributed by atoms with Crippen molar-refractivity contribution in [1.29, 1.82) is 0 Å². The van der Waals surface area contributed by atoms with Crippen LogP contribution < -0.4 is 15.0 Å². The molecule has 0 radical (unpaired) electrons. The van der Waals surface area contributed by atoms with Crippen molar-refractivity contribution >= 4 is 87.6 Å². The number of nitrogens with one attached hydrogen (secondary N) is 1. The van der Waals surface area contributed by atoms with Crippen LogP contribution in [0.25, 0.3) is 6.08 Å². The summed E-state index contributed by atoms with van der Waals surface area (Å²) < 4.78 is 5.89. The number of halogens is 5. The summed E-state index contributed by atoms with van der Waals surface area (Å²) in [6.07, 6.45) is 1.25. The van der Waals surface area contributed by atoms with Gasteiger partial charge in [-0.3, -0.25) is 14.9 Å². The molecule has 3 aromatic rings. The number of amides is 4. The van der Waals surface area contributed by atoms with E-state index in [2.05, 4.69) is 5.32 Å². The largest absolute Gasteiger partial charge is 0.487 e. The van der Waals surface area contributed by atoms with Gasteiger partial charge in [0.25, 0.3) is 11.8 Å². The van der Waals surface area contributed by atoms with E-state index >= 15 is 0 Å². The Balaban J connectivity index is 1.71. The maximum absolute atomic E-state index is 13.2. The third-order valence-electron chi connectivity index (χ3n) is 4.91. The van der Waals surface area contributed by atoms with Crippen molar-refractivity contribution in [3.05, 3.63) is 96.4 Å². The number of carbonyl (C=O) groups is 3. The fraction of sp³-hybridized carbons (Fsp3) is 0.0417. The Hall–Kier alpha value is -2.74. The number of anilines is 1. The van der Waals surface area contributed by atoms with Gasteiger partial charge in [-0.1, -0.05) is 64.1 Å². The second kappa shape index (κ2) is 10.5. The molecule has 0 spiro atoms. The Morgan fingerprint density at radius 2 is 1.46 bits per heavy atom. The first-order chi connectivity index (χ1) is 16.6.